The van der Waals surface area contributed by atoms with Gasteiger partial charge >= 0.3 is 0 Å². The van der Waals surface area contributed by atoms with Crippen molar-refractivity contribution in [1.82, 2.24) is 0 Å². The molecule has 0 aliphatic carbocycles. The second kappa shape index (κ2) is 8.60. The summed E-state index contributed by atoms with van der Waals surface area (Å²) in [7, 11) is -5.84. The van der Waals surface area contributed by atoms with Gasteiger partial charge in [-0.05, 0) is 49.4 Å². The standard InChI is InChI=1S/C18H22ClN3O5S2/c1-13(22(29(4,26)27)16-10-8-14(19)9-11-16)18(23)20-15-6-5-7-17(12-15)21(2)28(3,24)25/h5-13H,1-4H3,(H,20,23)/t13-/m0/s1. The third-order valence-electron chi connectivity index (χ3n) is 4.14. The number of carbonyl (C=O) groups excluding carboxylic acids is 1. The van der Waals surface area contributed by atoms with Crippen molar-refractivity contribution in [2.75, 3.05) is 33.5 Å². The number of carbonyl (C=O) groups is 1. The Bertz CT molecular complexity index is 1100. The number of anilines is 3. The maximum Gasteiger partial charge on any atom is 0.247 e. The Kier molecular flexibility index (Phi) is 6.82. The van der Waals surface area contributed by atoms with Crippen LogP contribution in [0.25, 0.3) is 0 Å². The van der Waals surface area contributed by atoms with Crippen molar-refractivity contribution >= 4 is 54.6 Å². The molecular weight excluding hydrogens is 438 g/mol. The van der Waals surface area contributed by atoms with Gasteiger partial charge in [-0.1, -0.05) is 17.7 Å². The van der Waals surface area contributed by atoms with E-state index in [2.05, 4.69) is 5.32 Å². The number of hydrogen-bond acceptors (Lipinski definition) is 5. The molecule has 1 atom stereocenters. The first kappa shape index (κ1) is 23.0. The van der Waals surface area contributed by atoms with Gasteiger partial charge in [0.2, 0.25) is 26.0 Å². The molecule has 0 saturated carbocycles. The minimum atomic E-state index is -3.77. The molecule has 2 aromatic rings. The fourth-order valence-corrected chi connectivity index (χ4v) is 4.41. The molecule has 1 amide bonds. The van der Waals surface area contributed by atoms with Gasteiger partial charge in [-0.25, -0.2) is 16.8 Å². The Hall–Kier alpha value is -2.30. The van der Waals surface area contributed by atoms with Crippen molar-refractivity contribution in [3.05, 3.63) is 53.6 Å². The number of nitrogens with zero attached hydrogens (tertiary/aromatic N) is 2. The van der Waals surface area contributed by atoms with E-state index in [1.165, 1.54) is 44.3 Å². The van der Waals surface area contributed by atoms with E-state index in [0.717, 1.165) is 21.1 Å². The first-order chi connectivity index (χ1) is 13.3. The Labute approximate surface area is 176 Å². The van der Waals surface area contributed by atoms with Crippen molar-refractivity contribution in [1.29, 1.82) is 0 Å². The van der Waals surface area contributed by atoms with Crippen LogP contribution in [-0.4, -0.2) is 48.3 Å². The molecule has 0 radical (unpaired) electrons. The third-order valence-corrected chi connectivity index (χ3v) is 6.84. The number of rotatable bonds is 7. The zero-order chi connectivity index (χ0) is 22.0. The van der Waals surface area contributed by atoms with Gasteiger partial charge in [0.1, 0.15) is 6.04 Å². The molecule has 0 fully saturated rings. The predicted molar refractivity (Wildman–Crippen MR) is 117 cm³/mol. The van der Waals surface area contributed by atoms with E-state index in [0.29, 0.717) is 22.1 Å². The highest BCUT2D eigenvalue weighted by Gasteiger charge is 2.29. The molecule has 0 saturated heterocycles. The summed E-state index contributed by atoms with van der Waals surface area (Å²) in [5.74, 6) is -0.579. The van der Waals surface area contributed by atoms with Crippen LogP contribution in [0.3, 0.4) is 0 Å². The van der Waals surface area contributed by atoms with Crippen molar-refractivity contribution in [3.63, 3.8) is 0 Å². The summed E-state index contributed by atoms with van der Waals surface area (Å²) >= 11 is 5.86. The summed E-state index contributed by atoms with van der Waals surface area (Å²) in [5, 5.41) is 3.07. The van der Waals surface area contributed by atoms with Gasteiger partial charge in [0.05, 0.1) is 23.9 Å². The molecule has 0 aliphatic rings. The number of amides is 1. The van der Waals surface area contributed by atoms with Gasteiger partial charge in [-0.3, -0.25) is 13.4 Å². The first-order valence-corrected chi connectivity index (χ1v) is 12.5. The summed E-state index contributed by atoms with van der Waals surface area (Å²) in [6, 6.07) is 11.2. The van der Waals surface area contributed by atoms with Crippen LogP contribution in [-0.2, 0) is 24.8 Å². The summed E-state index contributed by atoms with van der Waals surface area (Å²) in [5.41, 5.74) is 0.986. The van der Waals surface area contributed by atoms with E-state index in [4.69, 9.17) is 11.6 Å². The molecule has 158 valence electrons. The molecule has 1 N–H and O–H groups in total. The van der Waals surface area contributed by atoms with Crippen LogP contribution in [0.2, 0.25) is 5.02 Å². The fraction of sp³-hybridized carbons (Fsp3) is 0.278. The van der Waals surface area contributed by atoms with Gasteiger partial charge in [0, 0.05) is 17.8 Å². The highest BCUT2D eigenvalue weighted by Crippen LogP contribution is 2.25. The molecule has 8 nitrogen and oxygen atoms in total. The molecule has 11 heteroatoms. The molecule has 2 aromatic carbocycles. The Morgan fingerprint density at radius 1 is 0.966 bits per heavy atom. The lowest BCUT2D eigenvalue weighted by Gasteiger charge is -2.28. The van der Waals surface area contributed by atoms with E-state index in [9.17, 15) is 21.6 Å². The molecular formula is C18H22ClN3O5S2. The Balaban J connectivity index is 2.30. The summed E-state index contributed by atoms with van der Waals surface area (Å²) in [6.07, 6.45) is 2.07. The lowest BCUT2D eigenvalue weighted by atomic mass is 10.2. The Morgan fingerprint density at radius 3 is 2.07 bits per heavy atom. The molecule has 0 aromatic heterocycles. The second-order valence-electron chi connectivity index (χ2n) is 6.48. The first-order valence-electron chi connectivity index (χ1n) is 8.40. The average molecular weight is 460 g/mol. The topological polar surface area (TPSA) is 104 Å². The van der Waals surface area contributed by atoms with Gasteiger partial charge in [-0.2, -0.15) is 0 Å². The van der Waals surface area contributed by atoms with E-state index >= 15 is 0 Å². The highest BCUT2D eigenvalue weighted by molar-refractivity contribution is 7.92. The number of benzene rings is 2. The predicted octanol–water partition coefficient (Wildman–Crippen LogP) is 2.53. The minimum Gasteiger partial charge on any atom is -0.324 e. The second-order valence-corrected chi connectivity index (χ2v) is 10.8. The normalized spacial score (nSPS) is 12.9. The van der Waals surface area contributed by atoms with Gasteiger partial charge in [-0.15, -0.1) is 0 Å². The SMILES string of the molecule is C[C@@H](C(=O)Nc1cccc(N(C)S(C)(=O)=O)c1)N(c1ccc(Cl)cc1)S(C)(=O)=O. The molecule has 29 heavy (non-hydrogen) atoms. The van der Waals surface area contributed by atoms with Crippen molar-refractivity contribution < 1.29 is 21.6 Å². The van der Waals surface area contributed by atoms with E-state index in [-0.39, 0.29) is 0 Å². The maximum absolute atomic E-state index is 12.7. The fourth-order valence-electron chi connectivity index (χ4n) is 2.61. The van der Waals surface area contributed by atoms with Crippen LogP contribution in [0.5, 0.6) is 0 Å². The van der Waals surface area contributed by atoms with E-state index in [1.807, 2.05) is 0 Å². The lowest BCUT2D eigenvalue weighted by molar-refractivity contribution is -0.116. The van der Waals surface area contributed by atoms with Crippen molar-refractivity contribution in [3.8, 4) is 0 Å². The number of nitrogens with one attached hydrogen (secondary N) is 1. The lowest BCUT2D eigenvalue weighted by Crippen LogP contribution is -2.45. The van der Waals surface area contributed by atoms with Crippen LogP contribution in [0.15, 0.2) is 48.5 Å². The van der Waals surface area contributed by atoms with E-state index in [1.54, 1.807) is 18.2 Å². The van der Waals surface area contributed by atoms with Crippen LogP contribution in [0.4, 0.5) is 17.1 Å². The largest absolute Gasteiger partial charge is 0.324 e. The van der Waals surface area contributed by atoms with Crippen LogP contribution < -0.4 is 13.9 Å². The number of hydrogen-bond donors (Lipinski definition) is 1. The molecule has 0 aliphatic heterocycles. The van der Waals surface area contributed by atoms with Crippen LogP contribution in [0, 0.1) is 0 Å². The van der Waals surface area contributed by atoms with Gasteiger partial charge in [0.25, 0.3) is 0 Å². The minimum absolute atomic E-state index is 0.296. The number of sulfonamides is 2. The smallest absolute Gasteiger partial charge is 0.247 e. The monoisotopic (exact) mass is 459 g/mol. The average Bonchev–Trinajstić information content (AvgIpc) is 2.61. The third kappa shape index (κ3) is 5.84. The highest BCUT2D eigenvalue weighted by atomic mass is 35.5. The summed E-state index contributed by atoms with van der Waals surface area (Å²) in [6.45, 7) is 1.46. The molecule has 0 bridgehead atoms. The number of halogens is 1. The van der Waals surface area contributed by atoms with Crippen LogP contribution in [0.1, 0.15) is 6.92 Å². The zero-order valence-corrected chi connectivity index (χ0v) is 18.7. The quantitative estimate of drug-likeness (QED) is 0.685. The summed E-state index contributed by atoms with van der Waals surface area (Å²) < 4.78 is 50.1. The molecule has 0 heterocycles. The van der Waals surface area contributed by atoms with Crippen molar-refractivity contribution in [2.24, 2.45) is 0 Å². The molecule has 0 spiro atoms. The molecule has 2 rings (SSSR count). The maximum atomic E-state index is 12.7. The summed E-state index contributed by atoms with van der Waals surface area (Å²) in [4.78, 5) is 12.7. The zero-order valence-electron chi connectivity index (χ0n) is 16.3. The Morgan fingerprint density at radius 2 is 1.55 bits per heavy atom. The van der Waals surface area contributed by atoms with Crippen LogP contribution >= 0.6 is 11.6 Å². The van der Waals surface area contributed by atoms with Gasteiger partial charge in [0.15, 0.2) is 0 Å². The van der Waals surface area contributed by atoms with Crippen molar-refractivity contribution in [2.45, 2.75) is 13.0 Å². The molecule has 0 unspecified atom stereocenters. The van der Waals surface area contributed by atoms with E-state index < -0.39 is 32.0 Å². The van der Waals surface area contributed by atoms with Gasteiger partial charge < -0.3 is 5.32 Å².